The van der Waals surface area contributed by atoms with E-state index >= 15 is 0 Å². The molecule has 0 spiro atoms. The summed E-state index contributed by atoms with van der Waals surface area (Å²) in [7, 11) is 3.85. The molecule has 0 amide bonds. The van der Waals surface area contributed by atoms with Crippen molar-refractivity contribution >= 4 is 11.1 Å². The molecule has 3 aromatic rings. The molecule has 0 aliphatic carbocycles. The molecule has 0 bridgehead atoms. The van der Waals surface area contributed by atoms with Crippen LogP contribution in [0.4, 0.5) is 0 Å². The second-order valence-corrected chi connectivity index (χ2v) is 7.87. The molecular formula is C27H31NO3. The normalized spacial score (nSPS) is 13.1. The van der Waals surface area contributed by atoms with Gasteiger partial charge in [0.15, 0.2) is 0 Å². The molecule has 0 saturated heterocycles. The van der Waals surface area contributed by atoms with Gasteiger partial charge in [-0.25, -0.2) is 0 Å². The highest BCUT2D eigenvalue weighted by molar-refractivity contribution is 5.98. The zero-order valence-electron chi connectivity index (χ0n) is 18.5. The topological polar surface area (TPSA) is 52.9 Å². The van der Waals surface area contributed by atoms with Crippen LogP contribution in [0.1, 0.15) is 30.0 Å². The standard InChI is InChI=1S/C27H31NO3/c1-4-26(20-8-6-5-7-9-20)27(21-10-14-23(29)15-11-21)22-12-16-25(17-13-22)31-19-24(30)18-28(2)3/h5-17,24,29-30H,4,18-19H2,1-3H3. The Morgan fingerprint density at radius 2 is 1.42 bits per heavy atom. The first-order valence-electron chi connectivity index (χ1n) is 10.6. The van der Waals surface area contributed by atoms with Gasteiger partial charge in [0.2, 0.25) is 0 Å². The molecule has 0 aliphatic rings. The van der Waals surface area contributed by atoms with Gasteiger partial charge in [-0.2, -0.15) is 0 Å². The number of hydrogen-bond donors (Lipinski definition) is 2. The molecule has 0 fully saturated rings. The highest BCUT2D eigenvalue weighted by Crippen LogP contribution is 2.35. The Bertz CT molecular complexity index is 977. The molecular weight excluding hydrogens is 386 g/mol. The summed E-state index contributed by atoms with van der Waals surface area (Å²) in [6, 6.07) is 25.7. The molecule has 0 saturated carbocycles. The number of likely N-dealkylation sites (N-methyl/N-ethyl adjacent to an activating group) is 1. The summed E-state index contributed by atoms with van der Waals surface area (Å²) in [5.41, 5.74) is 5.68. The summed E-state index contributed by atoms with van der Waals surface area (Å²) in [6.45, 7) is 2.97. The highest BCUT2D eigenvalue weighted by atomic mass is 16.5. The van der Waals surface area contributed by atoms with E-state index in [1.165, 1.54) is 11.1 Å². The van der Waals surface area contributed by atoms with Crippen LogP contribution in [0.3, 0.4) is 0 Å². The van der Waals surface area contributed by atoms with E-state index in [2.05, 4.69) is 43.3 Å². The van der Waals surface area contributed by atoms with Gasteiger partial charge in [0.05, 0.1) is 0 Å². The third-order valence-corrected chi connectivity index (χ3v) is 5.09. The Morgan fingerprint density at radius 1 is 0.839 bits per heavy atom. The lowest BCUT2D eigenvalue weighted by molar-refractivity contribution is 0.0831. The molecule has 0 aliphatic heterocycles. The summed E-state index contributed by atoms with van der Waals surface area (Å²) in [4.78, 5) is 1.93. The lowest BCUT2D eigenvalue weighted by Crippen LogP contribution is -2.30. The lowest BCUT2D eigenvalue weighted by Gasteiger charge is -2.18. The van der Waals surface area contributed by atoms with E-state index in [1.807, 2.05) is 49.3 Å². The van der Waals surface area contributed by atoms with Crippen LogP contribution in [0.2, 0.25) is 0 Å². The molecule has 31 heavy (non-hydrogen) atoms. The number of benzene rings is 3. The van der Waals surface area contributed by atoms with E-state index in [4.69, 9.17) is 4.74 Å². The van der Waals surface area contributed by atoms with E-state index in [0.29, 0.717) is 6.54 Å². The number of aromatic hydroxyl groups is 1. The predicted octanol–water partition coefficient (Wildman–Crippen LogP) is 5.06. The molecule has 162 valence electrons. The van der Waals surface area contributed by atoms with Crippen LogP contribution in [-0.4, -0.2) is 48.5 Å². The molecule has 0 aromatic heterocycles. The third kappa shape index (κ3) is 6.20. The molecule has 3 rings (SSSR count). The number of nitrogens with zero attached hydrogens (tertiary/aromatic N) is 1. The van der Waals surface area contributed by atoms with Crippen molar-refractivity contribution in [3.05, 3.63) is 95.6 Å². The fraction of sp³-hybridized carbons (Fsp3) is 0.259. The molecule has 0 heterocycles. The van der Waals surface area contributed by atoms with Gasteiger partial charge in [-0.05, 0) is 72.6 Å². The van der Waals surface area contributed by atoms with E-state index in [-0.39, 0.29) is 12.4 Å². The van der Waals surface area contributed by atoms with Crippen LogP contribution in [0.15, 0.2) is 78.9 Å². The average Bonchev–Trinajstić information content (AvgIpc) is 2.77. The third-order valence-electron chi connectivity index (χ3n) is 5.09. The van der Waals surface area contributed by atoms with E-state index in [9.17, 15) is 10.2 Å². The van der Waals surface area contributed by atoms with Crippen molar-refractivity contribution in [2.75, 3.05) is 27.2 Å². The minimum absolute atomic E-state index is 0.251. The van der Waals surface area contributed by atoms with Crippen molar-refractivity contribution in [2.24, 2.45) is 0 Å². The summed E-state index contributed by atoms with van der Waals surface area (Å²) in [5.74, 6) is 0.977. The van der Waals surface area contributed by atoms with Gasteiger partial charge in [0.25, 0.3) is 0 Å². The molecule has 1 unspecified atom stereocenters. The number of phenolic OH excluding ortho intramolecular Hbond substituents is 1. The summed E-state index contributed by atoms with van der Waals surface area (Å²) in [6.07, 6.45) is 0.335. The van der Waals surface area contributed by atoms with Crippen molar-refractivity contribution in [1.29, 1.82) is 0 Å². The van der Waals surface area contributed by atoms with Crippen LogP contribution in [-0.2, 0) is 0 Å². The number of allylic oxidation sites excluding steroid dienone is 1. The van der Waals surface area contributed by atoms with Crippen molar-refractivity contribution in [3.8, 4) is 11.5 Å². The van der Waals surface area contributed by atoms with Crippen LogP contribution in [0.5, 0.6) is 11.5 Å². The van der Waals surface area contributed by atoms with Gasteiger partial charge in [-0.15, -0.1) is 0 Å². The smallest absolute Gasteiger partial charge is 0.119 e. The number of aliphatic hydroxyl groups excluding tert-OH is 1. The molecule has 1 atom stereocenters. The zero-order chi connectivity index (χ0) is 22.2. The monoisotopic (exact) mass is 417 g/mol. The van der Waals surface area contributed by atoms with Gasteiger partial charge in [0, 0.05) is 6.54 Å². The van der Waals surface area contributed by atoms with Gasteiger partial charge < -0.3 is 19.8 Å². The first kappa shape index (κ1) is 22.6. The molecule has 4 nitrogen and oxygen atoms in total. The fourth-order valence-corrected chi connectivity index (χ4v) is 3.69. The number of aliphatic hydroxyl groups is 1. The predicted molar refractivity (Wildman–Crippen MR) is 127 cm³/mol. The minimum Gasteiger partial charge on any atom is -0.508 e. The SMILES string of the molecule is CCC(=C(c1ccc(O)cc1)c1ccc(OCC(O)CN(C)C)cc1)c1ccccc1. The Hall–Kier alpha value is -3.08. The maximum Gasteiger partial charge on any atom is 0.119 e. The van der Waals surface area contributed by atoms with Crippen molar-refractivity contribution in [2.45, 2.75) is 19.4 Å². The number of phenols is 1. The minimum atomic E-state index is -0.535. The average molecular weight is 418 g/mol. The number of ether oxygens (including phenoxy) is 1. The molecule has 3 aromatic carbocycles. The maximum atomic E-state index is 10.0. The van der Waals surface area contributed by atoms with Crippen LogP contribution in [0, 0.1) is 0 Å². The highest BCUT2D eigenvalue weighted by Gasteiger charge is 2.14. The first-order valence-corrected chi connectivity index (χ1v) is 10.6. The summed E-state index contributed by atoms with van der Waals surface area (Å²) >= 11 is 0. The summed E-state index contributed by atoms with van der Waals surface area (Å²) in [5, 5.41) is 19.8. The van der Waals surface area contributed by atoms with E-state index in [1.54, 1.807) is 12.1 Å². The van der Waals surface area contributed by atoms with Gasteiger partial charge in [-0.1, -0.05) is 61.5 Å². The second-order valence-electron chi connectivity index (χ2n) is 7.87. The van der Waals surface area contributed by atoms with Crippen molar-refractivity contribution in [3.63, 3.8) is 0 Å². The molecule has 4 heteroatoms. The number of hydrogen-bond acceptors (Lipinski definition) is 4. The Labute approximate surface area is 185 Å². The first-order chi connectivity index (χ1) is 15.0. The Balaban J connectivity index is 1.95. The second kappa shape index (κ2) is 10.8. The van der Waals surface area contributed by atoms with Crippen LogP contribution in [0.25, 0.3) is 11.1 Å². The van der Waals surface area contributed by atoms with E-state index in [0.717, 1.165) is 28.9 Å². The fourth-order valence-electron chi connectivity index (χ4n) is 3.69. The van der Waals surface area contributed by atoms with Crippen LogP contribution < -0.4 is 4.74 Å². The molecule has 0 radical (unpaired) electrons. The van der Waals surface area contributed by atoms with Crippen LogP contribution >= 0.6 is 0 Å². The Morgan fingerprint density at radius 3 is 1.97 bits per heavy atom. The lowest BCUT2D eigenvalue weighted by atomic mass is 9.88. The maximum absolute atomic E-state index is 10.0. The van der Waals surface area contributed by atoms with E-state index < -0.39 is 6.10 Å². The van der Waals surface area contributed by atoms with Gasteiger partial charge >= 0.3 is 0 Å². The van der Waals surface area contributed by atoms with Crippen molar-refractivity contribution < 1.29 is 14.9 Å². The largest absolute Gasteiger partial charge is 0.508 e. The number of rotatable bonds is 9. The zero-order valence-corrected chi connectivity index (χ0v) is 18.5. The quantitative estimate of drug-likeness (QED) is 0.478. The summed E-state index contributed by atoms with van der Waals surface area (Å²) < 4.78 is 5.77. The van der Waals surface area contributed by atoms with Crippen molar-refractivity contribution in [1.82, 2.24) is 4.90 Å². The molecule has 2 N–H and O–H groups in total. The van der Waals surface area contributed by atoms with Gasteiger partial charge in [-0.3, -0.25) is 0 Å². The Kier molecular flexibility index (Phi) is 7.88. The van der Waals surface area contributed by atoms with Gasteiger partial charge in [0.1, 0.15) is 24.2 Å².